The molecule has 2 aromatic heterocycles. The minimum absolute atomic E-state index is 0.112. The molecule has 2 heterocycles. The van der Waals surface area contributed by atoms with E-state index in [0.29, 0.717) is 17.6 Å². The maximum atomic E-state index is 12.8. The van der Waals surface area contributed by atoms with Gasteiger partial charge in [-0.1, -0.05) is 18.2 Å². The van der Waals surface area contributed by atoms with Crippen LogP contribution in [-0.2, 0) is 0 Å². The van der Waals surface area contributed by atoms with E-state index in [-0.39, 0.29) is 17.8 Å². The minimum atomic E-state index is -0.234. The van der Waals surface area contributed by atoms with E-state index in [0.717, 1.165) is 5.56 Å². The van der Waals surface area contributed by atoms with Crippen LogP contribution in [0, 0.1) is 0 Å². The van der Waals surface area contributed by atoms with Gasteiger partial charge < -0.3 is 4.90 Å². The standard InChI is InChI=1S/C17H17N5O/c1-3-22(12(2)13-7-6-10-18-11-13)17(23)16-19-14-8-4-5-9-15(14)20-21-16/h4-12H,3H2,1-2H3. The zero-order valence-corrected chi connectivity index (χ0v) is 13.0. The van der Waals surface area contributed by atoms with Crippen molar-refractivity contribution in [3.63, 3.8) is 0 Å². The second-order valence-corrected chi connectivity index (χ2v) is 5.18. The van der Waals surface area contributed by atoms with Crippen molar-refractivity contribution in [1.82, 2.24) is 25.1 Å². The summed E-state index contributed by atoms with van der Waals surface area (Å²) < 4.78 is 0. The molecule has 116 valence electrons. The lowest BCUT2D eigenvalue weighted by molar-refractivity contribution is 0.0688. The highest BCUT2D eigenvalue weighted by Gasteiger charge is 2.24. The van der Waals surface area contributed by atoms with Crippen LogP contribution < -0.4 is 0 Å². The Morgan fingerprint density at radius 1 is 1.13 bits per heavy atom. The highest BCUT2D eigenvalue weighted by atomic mass is 16.2. The summed E-state index contributed by atoms with van der Waals surface area (Å²) in [5, 5.41) is 8.06. The van der Waals surface area contributed by atoms with Crippen LogP contribution in [0.15, 0.2) is 48.8 Å². The molecule has 0 aliphatic heterocycles. The first-order chi connectivity index (χ1) is 11.2. The van der Waals surface area contributed by atoms with Gasteiger partial charge in [0, 0.05) is 18.9 Å². The normalized spacial score (nSPS) is 12.1. The van der Waals surface area contributed by atoms with Gasteiger partial charge in [0.25, 0.3) is 5.91 Å². The maximum Gasteiger partial charge on any atom is 0.294 e. The molecule has 0 N–H and O–H groups in total. The van der Waals surface area contributed by atoms with Gasteiger partial charge >= 0.3 is 0 Å². The Labute approximate surface area is 134 Å². The SMILES string of the molecule is CCN(C(=O)c1nnc2ccccc2n1)C(C)c1cccnc1. The van der Waals surface area contributed by atoms with Crippen LogP contribution in [0.5, 0.6) is 0 Å². The van der Waals surface area contributed by atoms with Crippen molar-refractivity contribution in [2.45, 2.75) is 19.9 Å². The number of benzene rings is 1. The van der Waals surface area contributed by atoms with Gasteiger partial charge in [0.05, 0.1) is 11.6 Å². The number of fused-ring (bicyclic) bond motifs is 1. The molecule has 1 unspecified atom stereocenters. The molecule has 0 aliphatic carbocycles. The summed E-state index contributed by atoms with van der Waals surface area (Å²) in [6.45, 7) is 4.44. The summed E-state index contributed by atoms with van der Waals surface area (Å²) in [5.41, 5.74) is 2.31. The van der Waals surface area contributed by atoms with Crippen LogP contribution in [0.25, 0.3) is 11.0 Å². The first-order valence-corrected chi connectivity index (χ1v) is 7.51. The predicted octanol–water partition coefficient (Wildman–Crippen LogP) is 2.64. The molecule has 0 spiro atoms. The van der Waals surface area contributed by atoms with Crippen LogP contribution in [-0.4, -0.2) is 37.5 Å². The fourth-order valence-corrected chi connectivity index (χ4v) is 2.50. The molecule has 1 aromatic carbocycles. The number of para-hydroxylation sites is 1. The fourth-order valence-electron chi connectivity index (χ4n) is 2.50. The average Bonchev–Trinajstić information content (AvgIpc) is 2.62. The van der Waals surface area contributed by atoms with Crippen LogP contribution in [0.4, 0.5) is 0 Å². The summed E-state index contributed by atoms with van der Waals surface area (Å²) in [6, 6.07) is 11.1. The van der Waals surface area contributed by atoms with E-state index < -0.39 is 0 Å². The number of hydrogen-bond acceptors (Lipinski definition) is 5. The second-order valence-electron chi connectivity index (χ2n) is 5.18. The monoisotopic (exact) mass is 307 g/mol. The molecule has 6 heteroatoms. The first kappa shape index (κ1) is 15.0. The summed E-state index contributed by atoms with van der Waals surface area (Å²) in [5.74, 6) is -0.122. The van der Waals surface area contributed by atoms with E-state index in [1.807, 2.05) is 50.2 Å². The predicted molar refractivity (Wildman–Crippen MR) is 86.7 cm³/mol. The Balaban J connectivity index is 1.92. The summed E-state index contributed by atoms with van der Waals surface area (Å²) in [4.78, 5) is 22.9. The van der Waals surface area contributed by atoms with E-state index in [1.54, 1.807) is 17.3 Å². The quantitative estimate of drug-likeness (QED) is 0.741. The molecular formula is C17H17N5O. The molecule has 1 amide bonds. The molecule has 0 saturated carbocycles. The van der Waals surface area contributed by atoms with E-state index >= 15 is 0 Å². The number of nitrogens with zero attached hydrogens (tertiary/aromatic N) is 5. The number of pyridine rings is 1. The van der Waals surface area contributed by atoms with E-state index in [9.17, 15) is 4.79 Å². The zero-order chi connectivity index (χ0) is 16.2. The van der Waals surface area contributed by atoms with Crippen molar-refractivity contribution in [3.8, 4) is 0 Å². The summed E-state index contributed by atoms with van der Waals surface area (Å²) in [7, 11) is 0. The van der Waals surface area contributed by atoms with Crippen LogP contribution in [0.1, 0.15) is 36.1 Å². The lowest BCUT2D eigenvalue weighted by atomic mass is 10.1. The number of hydrogen-bond donors (Lipinski definition) is 0. The fraction of sp³-hybridized carbons (Fsp3) is 0.235. The highest BCUT2D eigenvalue weighted by Crippen LogP contribution is 2.20. The van der Waals surface area contributed by atoms with Crippen molar-refractivity contribution >= 4 is 16.9 Å². The molecule has 3 aromatic rings. The molecule has 3 rings (SSSR count). The number of rotatable bonds is 4. The van der Waals surface area contributed by atoms with Crippen LogP contribution >= 0.6 is 0 Å². The number of amides is 1. The van der Waals surface area contributed by atoms with Crippen LogP contribution in [0.3, 0.4) is 0 Å². The van der Waals surface area contributed by atoms with Gasteiger partial charge in [0.2, 0.25) is 5.82 Å². The third kappa shape index (κ3) is 3.01. The lowest BCUT2D eigenvalue weighted by Crippen LogP contribution is -2.34. The number of aromatic nitrogens is 4. The number of carbonyl (C=O) groups is 1. The van der Waals surface area contributed by atoms with E-state index in [4.69, 9.17) is 0 Å². The molecule has 1 atom stereocenters. The average molecular weight is 307 g/mol. The van der Waals surface area contributed by atoms with Gasteiger partial charge in [-0.2, -0.15) is 0 Å². The first-order valence-electron chi connectivity index (χ1n) is 7.51. The van der Waals surface area contributed by atoms with Crippen molar-refractivity contribution < 1.29 is 4.79 Å². The topological polar surface area (TPSA) is 71.9 Å². The Hall–Kier alpha value is -2.89. The van der Waals surface area contributed by atoms with Gasteiger partial charge in [-0.05, 0) is 37.6 Å². The van der Waals surface area contributed by atoms with Crippen LogP contribution in [0.2, 0.25) is 0 Å². The Morgan fingerprint density at radius 2 is 1.91 bits per heavy atom. The third-order valence-corrected chi connectivity index (χ3v) is 3.79. The Morgan fingerprint density at radius 3 is 2.61 bits per heavy atom. The molecule has 23 heavy (non-hydrogen) atoms. The highest BCUT2D eigenvalue weighted by molar-refractivity contribution is 5.92. The van der Waals surface area contributed by atoms with Crippen molar-refractivity contribution in [3.05, 3.63) is 60.2 Å². The number of carbonyl (C=O) groups excluding carboxylic acids is 1. The molecule has 0 aliphatic rings. The van der Waals surface area contributed by atoms with Gasteiger partial charge in [0.15, 0.2) is 0 Å². The van der Waals surface area contributed by atoms with Gasteiger partial charge in [-0.15, -0.1) is 10.2 Å². The van der Waals surface area contributed by atoms with Crippen molar-refractivity contribution in [2.75, 3.05) is 6.54 Å². The lowest BCUT2D eigenvalue weighted by Gasteiger charge is -2.27. The third-order valence-electron chi connectivity index (χ3n) is 3.79. The maximum absolute atomic E-state index is 12.8. The molecule has 6 nitrogen and oxygen atoms in total. The van der Waals surface area contributed by atoms with E-state index in [2.05, 4.69) is 20.2 Å². The molecule has 0 bridgehead atoms. The largest absolute Gasteiger partial charge is 0.329 e. The Bertz CT molecular complexity index is 821. The van der Waals surface area contributed by atoms with E-state index in [1.165, 1.54) is 0 Å². The van der Waals surface area contributed by atoms with Gasteiger partial charge in [0.1, 0.15) is 5.52 Å². The molecule has 0 radical (unpaired) electrons. The van der Waals surface area contributed by atoms with Crippen molar-refractivity contribution in [2.24, 2.45) is 0 Å². The molecular weight excluding hydrogens is 290 g/mol. The van der Waals surface area contributed by atoms with Crippen molar-refractivity contribution in [1.29, 1.82) is 0 Å². The second kappa shape index (κ2) is 6.48. The summed E-state index contributed by atoms with van der Waals surface area (Å²) >= 11 is 0. The minimum Gasteiger partial charge on any atom is -0.329 e. The molecule has 0 fully saturated rings. The van der Waals surface area contributed by atoms with Gasteiger partial charge in [-0.3, -0.25) is 9.78 Å². The zero-order valence-electron chi connectivity index (χ0n) is 13.0. The molecule has 0 saturated heterocycles. The Kier molecular flexibility index (Phi) is 4.23. The van der Waals surface area contributed by atoms with Gasteiger partial charge in [-0.25, -0.2) is 4.98 Å². The smallest absolute Gasteiger partial charge is 0.294 e. The summed E-state index contributed by atoms with van der Waals surface area (Å²) in [6.07, 6.45) is 3.48.